The molecular weight excluding hydrogens is 304 g/mol. The van der Waals surface area contributed by atoms with Gasteiger partial charge in [0.2, 0.25) is 0 Å². The van der Waals surface area contributed by atoms with Crippen LogP contribution in [0.5, 0.6) is 0 Å². The molecule has 0 saturated carbocycles. The number of thiophene rings is 1. The van der Waals surface area contributed by atoms with Crippen molar-refractivity contribution >= 4 is 27.0 Å². The fourth-order valence-corrected chi connectivity index (χ4v) is 4.16. The fraction of sp³-hybridized carbons (Fsp3) is 0.333. The van der Waals surface area contributed by atoms with Crippen molar-refractivity contribution in [3.8, 4) is 0 Å². The van der Waals surface area contributed by atoms with Crippen LogP contribution in [0.2, 0.25) is 0 Å². The first-order valence-electron chi connectivity index (χ1n) is 6.78. The number of hydrogen-bond donors (Lipinski definition) is 2. The summed E-state index contributed by atoms with van der Waals surface area (Å²) in [6.45, 7) is 6.75. The van der Waals surface area contributed by atoms with Crippen LogP contribution in [-0.4, -0.2) is 14.5 Å². The first kappa shape index (κ1) is 16.0. The number of aryl methyl sites for hydroxylation is 1. The average molecular weight is 324 g/mol. The molecular formula is C15H20N2O2S2. The van der Waals surface area contributed by atoms with Crippen LogP contribution in [-0.2, 0) is 16.6 Å². The summed E-state index contributed by atoms with van der Waals surface area (Å²) in [5.74, 6) is 0. The second-order valence-electron chi connectivity index (χ2n) is 5.21. The van der Waals surface area contributed by atoms with Crippen molar-refractivity contribution < 1.29 is 8.42 Å². The molecule has 2 rings (SSSR count). The Kier molecular flexibility index (Phi) is 5.03. The van der Waals surface area contributed by atoms with Gasteiger partial charge in [0.1, 0.15) is 4.21 Å². The van der Waals surface area contributed by atoms with Gasteiger partial charge in [0.25, 0.3) is 10.0 Å². The summed E-state index contributed by atoms with van der Waals surface area (Å²) in [4.78, 5) is 0.977. The van der Waals surface area contributed by atoms with Crippen molar-refractivity contribution in [1.82, 2.24) is 5.32 Å². The van der Waals surface area contributed by atoms with Gasteiger partial charge in [0.05, 0.1) is 0 Å². The smallest absolute Gasteiger partial charge is 0.271 e. The second-order valence-corrected chi connectivity index (χ2v) is 8.40. The van der Waals surface area contributed by atoms with E-state index in [0.717, 1.165) is 10.4 Å². The third-order valence-corrected chi connectivity index (χ3v) is 5.75. The van der Waals surface area contributed by atoms with Crippen molar-refractivity contribution in [1.29, 1.82) is 0 Å². The average Bonchev–Trinajstić information content (AvgIpc) is 2.84. The van der Waals surface area contributed by atoms with Gasteiger partial charge in [-0.05, 0) is 36.8 Å². The van der Waals surface area contributed by atoms with Gasteiger partial charge in [-0.15, -0.1) is 11.3 Å². The lowest BCUT2D eigenvalue weighted by Gasteiger charge is -2.10. The van der Waals surface area contributed by atoms with Gasteiger partial charge in [-0.25, -0.2) is 8.42 Å². The molecule has 21 heavy (non-hydrogen) atoms. The zero-order valence-electron chi connectivity index (χ0n) is 12.4. The van der Waals surface area contributed by atoms with E-state index in [-0.39, 0.29) is 0 Å². The lowest BCUT2D eigenvalue weighted by Crippen LogP contribution is -2.21. The van der Waals surface area contributed by atoms with Gasteiger partial charge >= 0.3 is 0 Å². The van der Waals surface area contributed by atoms with E-state index in [4.69, 9.17) is 0 Å². The van der Waals surface area contributed by atoms with E-state index in [1.165, 1.54) is 11.3 Å². The lowest BCUT2D eigenvalue weighted by molar-refractivity contribution is 0.589. The highest BCUT2D eigenvalue weighted by molar-refractivity contribution is 7.94. The monoisotopic (exact) mass is 324 g/mol. The highest BCUT2D eigenvalue weighted by Gasteiger charge is 2.16. The maximum Gasteiger partial charge on any atom is 0.271 e. The summed E-state index contributed by atoms with van der Waals surface area (Å²) >= 11 is 1.27. The molecule has 0 aliphatic rings. The Morgan fingerprint density at radius 1 is 1.19 bits per heavy atom. The molecule has 0 aliphatic heterocycles. The van der Waals surface area contributed by atoms with Crippen LogP contribution >= 0.6 is 11.3 Å². The molecule has 0 unspecified atom stereocenters. The molecule has 0 aliphatic carbocycles. The Balaban J connectivity index is 2.14. The van der Waals surface area contributed by atoms with E-state index in [2.05, 4.69) is 23.9 Å². The third-order valence-electron chi connectivity index (χ3n) is 2.87. The lowest BCUT2D eigenvalue weighted by atomic mass is 10.2. The third kappa shape index (κ3) is 4.56. The Morgan fingerprint density at radius 3 is 2.57 bits per heavy atom. The van der Waals surface area contributed by atoms with Crippen LogP contribution in [0.4, 0.5) is 5.69 Å². The largest absolute Gasteiger partial charge is 0.310 e. The Labute approximate surface area is 130 Å². The van der Waals surface area contributed by atoms with E-state index in [1.54, 1.807) is 12.1 Å². The van der Waals surface area contributed by atoms with Gasteiger partial charge in [-0.1, -0.05) is 26.0 Å². The van der Waals surface area contributed by atoms with Gasteiger partial charge in [0.15, 0.2) is 0 Å². The van der Waals surface area contributed by atoms with Gasteiger partial charge in [-0.2, -0.15) is 0 Å². The zero-order chi connectivity index (χ0) is 15.5. The molecule has 0 atom stereocenters. The molecule has 0 radical (unpaired) electrons. The molecule has 0 bridgehead atoms. The fourth-order valence-electron chi connectivity index (χ4n) is 1.83. The number of sulfonamides is 1. The molecule has 114 valence electrons. The standard InChI is InChI=1S/C15H20N2O2S2/c1-11(2)16-10-13-5-4-6-14(9-13)17-21(18,19)15-8-7-12(3)20-15/h4-9,11,16-17H,10H2,1-3H3. The first-order chi connectivity index (χ1) is 9.87. The van der Waals surface area contributed by atoms with Gasteiger partial charge in [-0.3, -0.25) is 4.72 Å². The molecule has 1 aromatic carbocycles. The number of nitrogens with one attached hydrogen (secondary N) is 2. The molecule has 2 N–H and O–H groups in total. The van der Waals surface area contributed by atoms with E-state index < -0.39 is 10.0 Å². The topological polar surface area (TPSA) is 58.2 Å². The first-order valence-corrected chi connectivity index (χ1v) is 9.08. The molecule has 6 heteroatoms. The minimum absolute atomic E-state index is 0.339. The Morgan fingerprint density at radius 2 is 1.95 bits per heavy atom. The van der Waals surface area contributed by atoms with Crippen molar-refractivity contribution in [3.05, 3.63) is 46.8 Å². The summed E-state index contributed by atoms with van der Waals surface area (Å²) in [6, 6.07) is 11.3. The summed E-state index contributed by atoms with van der Waals surface area (Å²) < 4.78 is 27.5. The van der Waals surface area contributed by atoms with Crippen LogP contribution in [0.15, 0.2) is 40.6 Å². The predicted octanol–water partition coefficient (Wildman–Crippen LogP) is 3.36. The highest BCUT2D eigenvalue weighted by Crippen LogP contribution is 2.23. The van der Waals surface area contributed by atoms with E-state index in [1.807, 2.05) is 31.2 Å². The highest BCUT2D eigenvalue weighted by atomic mass is 32.2. The number of hydrogen-bond acceptors (Lipinski definition) is 4. The van der Waals surface area contributed by atoms with Crippen molar-refractivity contribution in [2.45, 2.75) is 37.6 Å². The number of rotatable bonds is 6. The van der Waals surface area contributed by atoms with Gasteiger partial charge in [0, 0.05) is 23.2 Å². The minimum atomic E-state index is -3.49. The van der Waals surface area contributed by atoms with Crippen molar-refractivity contribution in [3.63, 3.8) is 0 Å². The van der Waals surface area contributed by atoms with Crippen LogP contribution in [0, 0.1) is 6.92 Å². The molecule has 1 aromatic heterocycles. The van der Waals surface area contributed by atoms with Crippen molar-refractivity contribution in [2.24, 2.45) is 0 Å². The normalized spacial score (nSPS) is 11.8. The Hall–Kier alpha value is -1.37. The zero-order valence-corrected chi connectivity index (χ0v) is 14.0. The summed E-state index contributed by atoms with van der Waals surface area (Å²) in [6.07, 6.45) is 0. The maximum atomic E-state index is 12.3. The van der Waals surface area contributed by atoms with Crippen LogP contribution in [0.1, 0.15) is 24.3 Å². The molecule has 0 amide bonds. The van der Waals surface area contributed by atoms with Crippen molar-refractivity contribution in [2.75, 3.05) is 4.72 Å². The second kappa shape index (κ2) is 6.60. The molecule has 2 aromatic rings. The van der Waals surface area contributed by atoms with Crippen LogP contribution < -0.4 is 10.0 Å². The predicted molar refractivity (Wildman–Crippen MR) is 88.3 cm³/mol. The van der Waals surface area contributed by atoms with E-state index in [9.17, 15) is 8.42 Å². The number of benzene rings is 1. The van der Waals surface area contributed by atoms with Gasteiger partial charge < -0.3 is 5.32 Å². The van der Waals surface area contributed by atoms with Crippen LogP contribution in [0.3, 0.4) is 0 Å². The van der Waals surface area contributed by atoms with E-state index in [0.29, 0.717) is 22.5 Å². The van der Waals surface area contributed by atoms with E-state index >= 15 is 0 Å². The number of anilines is 1. The minimum Gasteiger partial charge on any atom is -0.310 e. The molecule has 0 fully saturated rings. The van der Waals surface area contributed by atoms with Crippen LogP contribution in [0.25, 0.3) is 0 Å². The summed E-state index contributed by atoms with van der Waals surface area (Å²) in [5.41, 5.74) is 1.63. The summed E-state index contributed by atoms with van der Waals surface area (Å²) in [5, 5.41) is 3.31. The molecule has 1 heterocycles. The molecule has 0 saturated heterocycles. The SMILES string of the molecule is Cc1ccc(S(=O)(=O)Nc2cccc(CNC(C)C)c2)s1. The molecule has 4 nitrogen and oxygen atoms in total. The summed E-state index contributed by atoms with van der Waals surface area (Å²) in [7, 11) is -3.49. The Bertz CT molecular complexity index is 706. The quantitative estimate of drug-likeness (QED) is 0.856. The maximum absolute atomic E-state index is 12.3. The molecule has 0 spiro atoms.